The van der Waals surface area contributed by atoms with Crippen molar-refractivity contribution in [2.45, 2.75) is 26.4 Å². The molecule has 2 aromatic carbocycles. The largest absolute Gasteiger partial charge is 0.372 e. The molecule has 0 aromatic heterocycles. The van der Waals surface area contributed by atoms with Crippen LogP contribution in [0, 0.1) is 11.7 Å². The fourth-order valence-electron chi connectivity index (χ4n) is 2.76. The molecule has 3 rings (SSSR count). The molecule has 25 heavy (non-hydrogen) atoms. The van der Waals surface area contributed by atoms with Crippen LogP contribution >= 0.6 is 0 Å². The number of benzene rings is 2. The standard InChI is InChI=1S/C19H20FN3O2/c1-11(2)17-19(25)23-16-9-13(6-7-15(16)22-17)18(24)21-10-12-4-3-5-14(20)8-12/h3-9,11,17,22H,10H2,1-2H3,(H,21,24)(H,23,25)/t17-/m0/s1. The molecule has 0 aliphatic carbocycles. The Balaban J connectivity index is 1.71. The van der Waals surface area contributed by atoms with E-state index in [0.717, 1.165) is 5.69 Å². The normalized spacial score (nSPS) is 16.0. The van der Waals surface area contributed by atoms with Gasteiger partial charge in [0.2, 0.25) is 5.91 Å². The first kappa shape index (κ1) is 17.0. The Hall–Kier alpha value is -2.89. The monoisotopic (exact) mass is 341 g/mol. The molecule has 0 radical (unpaired) electrons. The highest BCUT2D eigenvalue weighted by Gasteiger charge is 2.28. The maximum atomic E-state index is 13.2. The second kappa shape index (κ2) is 6.93. The number of anilines is 2. The van der Waals surface area contributed by atoms with E-state index < -0.39 is 0 Å². The van der Waals surface area contributed by atoms with Crippen molar-refractivity contribution in [2.75, 3.05) is 10.6 Å². The van der Waals surface area contributed by atoms with Gasteiger partial charge in [0.15, 0.2) is 0 Å². The summed E-state index contributed by atoms with van der Waals surface area (Å²) in [6, 6.07) is 10.9. The molecule has 3 N–H and O–H groups in total. The van der Waals surface area contributed by atoms with Crippen molar-refractivity contribution in [3.8, 4) is 0 Å². The van der Waals surface area contributed by atoms with Crippen molar-refractivity contribution in [2.24, 2.45) is 5.92 Å². The van der Waals surface area contributed by atoms with Gasteiger partial charge in [-0.2, -0.15) is 0 Å². The van der Waals surface area contributed by atoms with Crippen LogP contribution in [0.5, 0.6) is 0 Å². The molecular weight excluding hydrogens is 321 g/mol. The molecule has 1 atom stereocenters. The number of carbonyl (C=O) groups is 2. The summed E-state index contributed by atoms with van der Waals surface area (Å²) in [6.45, 7) is 4.17. The summed E-state index contributed by atoms with van der Waals surface area (Å²) in [6.07, 6.45) is 0. The highest BCUT2D eigenvalue weighted by atomic mass is 19.1. The number of hydrogen-bond acceptors (Lipinski definition) is 3. The number of fused-ring (bicyclic) bond motifs is 1. The lowest BCUT2D eigenvalue weighted by Crippen LogP contribution is -2.42. The third kappa shape index (κ3) is 3.79. The number of amides is 2. The summed E-state index contributed by atoms with van der Waals surface area (Å²) < 4.78 is 13.2. The van der Waals surface area contributed by atoms with Crippen LogP contribution in [0.4, 0.5) is 15.8 Å². The van der Waals surface area contributed by atoms with Gasteiger partial charge in [-0.1, -0.05) is 26.0 Å². The average molecular weight is 341 g/mol. The lowest BCUT2D eigenvalue weighted by Gasteiger charge is -2.29. The Morgan fingerprint density at radius 2 is 2.00 bits per heavy atom. The summed E-state index contributed by atoms with van der Waals surface area (Å²) in [7, 11) is 0. The fraction of sp³-hybridized carbons (Fsp3) is 0.263. The van der Waals surface area contributed by atoms with Gasteiger partial charge in [-0.3, -0.25) is 9.59 Å². The van der Waals surface area contributed by atoms with Gasteiger partial charge in [0.1, 0.15) is 11.9 Å². The van der Waals surface area contributed by atoms with Gasteiger partial charge in [-0.05, 0) is 41.8 Å². The quantitative estimate of drug-likeness (QED) is 0.800. The lowest BCUT2D eigenvalue weighted by molar-refractivity contribution is -0.117. The van der Waals surface area contributed by atoms with Gasteiger partial charge in [-0.25, -0.2) is 4.39 Å². The number of halogens is 1. The smallest absolute Gasteiger partial charge is 0.251 e. The van der Waals surface area contributed by atoms with Crippen molar-refractivity contribution < 1.29 is 14.0 Å². The van der Waals surface area contributed by atoms with Crippen LogP contribution in [0.1, 0.15) is 29.8 Å². The van der Waals surface area contributed by atoms with Crippen molar-refractivity contribution in [3.63, 3.8) is 0 Å². The Kier molecular flexibility index (Phi) is 4.70. The van der Waals surface area contributed by atoms with Gasteiger partial charge in [0.25, 0.3) is 5.91 Å². The SMILES string of the molecule is CC(C)[C@@H]1Nc2ccc(C(=O)NCc3cccc(F)c3)cc2NC1=O. The van der Waals surface area contributed by atoms with E-state index in [-0.39, 0.29) is 36.1 Å². The van der Waals surface area contributed by atoms with E-state index >= 15 is 0 Å². The van der Waals surface area contributed by atoms with Gasteiger partial charge < -0.3 is 16.0 Å². The van der Waals surface area contributed by atoms with Crippen molar-refractivity contribution in [1.29, 1.82) is 0 Å². The summed E-state index contributed by atoms with van der Waals surface area (Å²) in [5.74, 6) is -0.580. The minimum Gasteiger partial charge on any atom is -0.372 e. The van der Waals surface area contributed by atoms with Gasteiger partial charge in [0.05, 0.1) is 11.4 Å². The third-order valence-electron chi connectivity index (χ3n) is 4.14. The zero-order valence-electron chi connectivity index (χ0n) is 14.1. The maximum Gasteiger partial charge on any atom is 0.251 e. The van der Waals surface area contributed by atoms with Crippen LogP contribution in [0.15, 0.2) is 42.5 Å². The summed E-state index contributed by atoms with van der Waals surface area (Å²) in [5.41, 5.74) is 2.49. The van der Waals surface area contributed by atoms with E-state index in [9.17, 15) is 14.0 Å². The molecule has 1 aliphatic rings. The van der Waals surface area contributed by atoms with Crippen LogP contribution in [0.25, 0.3) is 0 Å². The van der Waals surface area contributed by atoms with Gasteiger partial charge in [0, 0.05) is 12.1 Å². The molecule has 1 heterocycles. The highest BCUT2D eigenvalue weighted by Crippen LogP contribution is 2.29. The first-order valence-electron chi connectivity index (χ1n) is 8.18. The fourth-order valence-corrected chi connectivity index (χ4v) is 2.76. The van der Waals surface area contributed by atoms with E-state index in [1.54, 1.807) is 30.3 Å². The highest BCUT2D eigenvalue weighted by molar-refractivity contribution is 6.05. The Bertz CT molecular complexity index is 820. The minimum atomic E-state index is -0.339. The number of carbonyl (C=O) groups excluding carboxylic acids is 2. The molecule has 0 unspecified atom stereocenters. The zero-order valence-corrected chi connectivity index (χ0v) is 14.1. The van der Waals surface area contributed by atoms with Crippen LogP contribution in [0.3, 0.4) is 0 Å². The number of rotatable bonds is 4. The molecule has 0 bridgehead atoms. The Labute approximate surface area is 145 Å². The molecule has 0 saturated heterocycles. The summed E-state index contributed by atoms with van der Waals surface area (Å²) >= 11 is 0. The zero-order chi connectivity index (χ0) is 18.0. The number of nitrogens with one attached hydrogen (secondary N) is 3. The van der Waals surface area contributed by atoms with Gasteiger partial charge >= 0.3 is 0 Å². The predicted octanol–water partition coefficient (Wildman–Crippen LogP) is 3.14. The minimum absolute atomic E-state index is 0.111. The second-order valence-electron chi connectivity index (χ2n) is 6.43. The topological polar surface area (TPSA) is 70.2 Å². The Morgan fingerprint density at radius 1 is 1.20 bits per heavy atom. The van der Waals surface area contributed by atoms with Crippen molar-refractivity contribution in [1.82, 2.24) is 5.32 Å². The average Bonchev–Trinajstić information content (AvgIpc) is 2.58. The second-order valence-corrected chi connectivity index (χ2v) is 6.43. The van der Waals surface area contributed by atoms with E-state index in [1.165, 1.54) is 12.1 Å². The van der Waals surface area contributed by atoms with Crippen molar-refractivity contribution >= 4 is 23.2 Å². The summed E-state index contributed by atoms with van der Waals surface area (Å²) in [5, 5.41) is 8.78. The third-order valence-corrected chi connectivity index (χ3v) is 4.14. The van der Waals surface area contributed by atoms with E-state index in [4.69, 9.17) is 0 Å². The molecule has 0 fully saturated rings. The lowest BCUT2D eigenvalue weighted by atomic mass is 9.99. The predicted molar refractivity (Wildman–Crippen MR) is 94.9 cm³/mol. The van der Waals surface area contributed by atoms with Crippen molar-refractivity contribution in [3.05, 3.63) is 59.4 Å². The molecule has 130 valence electrons. The van der Waals surface area contributed by atoms with E-state index in [1.807, 2.05) is 13.8 Å². The molecule has 2 aromatic rings. The maximum absolute atomic E-state index is 13.2. The van der Waals surface area contributed by atoms with E-state index in [2.05, 4.69) is 16.0 Å². The molecule has 2 amide bonds. The molecular formula is C19H20FN3O2. The molecule has 5 nitrogen and oxygen atoms in total. The molecule has 0 saturated carbocycles. The van der Waals surface area contributed by atoms with Crippen LogP contribution in [-0.4, -0.2) is 17.9 Å². The van der Waals surface area contributed by atoms with E-state index in [0.29, 0.717) is 16.8 Å². The van der Waals surface area contributed by atoms with Crippen LogP contribution in [0.2, 0.25) is 0 Å². The summed E-state index contributed by atoms with van der Waals surface area (Å²) in [4.78, 5) is 24.4. The molecule has 0 spiro atoms. The molecule has 6 heteroatoms. The Morgan fingerprint density at radius 3 is 2.72 bits per heavy atom. The number of hydrogen-bond donors (Lipinski definition) is 3. The first-order valence-corrected chi connectivity index (χ1v) is 8.18. The molecule has 1 aliphatic heterocycles. The first-order chi connectivity index (χ1) is 11.9. The van der Waals surface area contributed by atoms with Crippen LogP contribution in [-0.2, 0) is 11.3 Å². The van der Waals surface area contributed by atoms with Crippen LogP contribution < -0.4 is 16.0 Å². The van der Waals surface area contributed by atoms with Gasteiger partial charge in [-0.15, -0.1) is 0 Å².